The van der Waals surface area contributed by atoms with Gasteiger partial charge in [-0.1, -0.05) is 53.7 Å². The molecule has 0 aliphatic rings. The molecule has 2 aromatic rings. The van der Waals surface area contributed by atoms with Gasteiger partial charge in [-0.2, -0.15) is 0 Å². The van der Waals surface area contributed by atoms with Crippen LogP contribution in [0.4, 0.5) is 0 Å². The van der Waals surface area contributed by atoms with Crippen LogP contribution in [0.2, 0.25) is 0 Å². The van der Waals surface area contributed by atoms with Crippen LogP contribution in [0.25, 0.3) is 10.9 Å². The highest BCUT2D eigenvalue weighted by molar-refractivity contribution is 5.83. The number of hydrogen-bond acceptors (Lipinski definition) is 1. The second-order valence-electron chi connectivity index (χ2n) is 7.10. The van der Waals surface area contributed by atoms with Crippen LogP contribution in [0.15, 0.2) is 30.5 Å². The molecule has 1 aromatic carbocycles. The maximum atomic E-state index is 4.62. The lowest BCUT2D eigenvalue weighted by Gasteiger charge is -2.23. The average molecular weight is 241 g/mol. The summed E-state index contributed by atoms with van der Waals surface area (Å²) in [4.78, 5) is 4.62. The first-order valence-corrected chi connectivity index (χ1v) is 6.59. The van der Waals surface area contributed by atoms with Crippen molar-refractivity contribution < 1.29 is 0 Å². The lowest BCUT2D eigenvalue weighted by Crippen LogP contribution is -2.14. The molecule has 1 nitrogen and oxygen atoms in total. The molecular formula is C17H23N. The molecule has 0 aliphatic heterocycles. The Kier molecular flexibility index (Phi) is 2.96. The molecule has 18 heavy (non-hydrogen) atoms. The first-order chi connectivity index (χ1) is 8.19. The van der Waals surface area contributed by atoms with E-state index in [2.05, 4.69) is 70.8 Å². The van der Waals surface area contributed by atoms with Gasteiger partial charge in [-0.15, -0.1) is 0 Å². The van der Waals surface area contributed by atoms with E-state index in [0.29, 0.717) is 0 Å². The van der Waals surface area contributed by atoms with Crippen LogP contribution in [0.3, 0.4) is 0 Å². The second kappa shape index (κ2) is 4.08. The third kappa shape index (κ3) is 2.40. The fourth-order valence-corrected chi connectivity index (χ4v) is 2.21. The van der Waals surface area contributed by atoms with Crippen LogP contribution in [-0.4, -0.2) is 4.98 Å². The topological polar surface area (TPSA) is 12.9 Å². The third-order valence-corrected chi connectivity index (χ3v) is 3.40. The van der Waals surface area contributed by atoms with E-state index in [9.17, 15) is 0 Å². The molecule has 1 aromatic heterocycles. The molecule has 0 atom stereocenters. The first kappa shape index (κ1) is 13.1. The van der Waals surface area contributed by atoms with E-state index in [-0.39, 0.29) is 10.8 Å². The molecule has 1 heterocycles. The monoisotopic (exact) mass is 241 g/mol. The highest BCUT2D eigenvalue weighted by atomic mass is 14.7. The number of rotatable bonds is 0. The number of pyridine rings is 1. The molecule has 0 bridgehead atoms. The van der Waals surface area contributed by atoms with Crippen LogP contribution >= 0.6 is 0 Å². The molecule has 0 saturated carbocycles. The van der Waals surface area contributed by atoms with Crippen molar-refractivity contribution in [2.45, 2.75) is 52.4 Å². The van der Waals surface area contributed by atoms with Crippen molar-refractivity contribution in [1.82, 2.24) is 4.98 Å². The molecule has 0 saturated heterocycles. The Hall–Kier alpha value is -1.37. The zero-order valence-corrected chi connectivity index (χ0v) is 12.3. The molecule has 0 aliphatic carbocycles. The number of hydrogen-bond donors (Lipinski definition) is 0. The Labute approximate surface area is 110 Å². The summed E-state index contributed by atoms with van der Waals surface area (Å²) in [5, 5.41) is 1.29. The molecule has 1 heteroatoms. The molecule has 2 rings (SSSR count). The van der Waals surface area contributed by atoms with Gasteiger partial charge in [-0.05, 0) is 34.1 Å². The van der Waals surface area contributed by atoms with Gasteiger partial charge in [0.2, 0.25) is 0 Å². The van der Waals surface area contributed by atoms with Crippen molar-refractivity contribution in [2.24, 2.45) is 0 Å². The lowest BCUT2D eigenvalue weighted by molar-refractivity contribution is 0.585. The van der Waals surface area contributed by atoms with Crippen molar-refractivity contribution in [1.29, 1.82) is 0 Å². The van der Waals surface area contributed by atoms with Crippen molar-refractivity contribution in [3.8, 4) is 0 Å². The van der Waals surface area contributed by atoms with Gasteiger partial charge in [0.05, 0.1) is 5.52 Å². The second-order valence-corrected chi connectivity index (χ2v) is 7.10. The van der Waals surface area contributed by atoms with Gasteiger partial charge < -0.3 is 0 Å². The summed E-state index contributed by atoms with van der Waals surface area (Å²) in [6, 6.07) is 8.73. The summed E-state index contributed by atoms with van der Waals surface area (Å²) in [5.41, 5.74) is 4.06. The van der Waals surface area contributed by atoms with Crippen molar-refractivity contribution in [3.05, 3.63) is 41.6 Å². The van der Waals surface area contributed by atoms with Crippen molar-refractivity contribution in [2.75, 3.05) is 0 Å². The highest BCUT2D eigenvalue weighted by Gasteiger charge is 2.19. The summed E-state index contributed by atoms with van der Waals surface area (Å²) in [7, 11) is 0. The van der Waals surface area contributed by atoms with E-state index >= 15 is 0 Å². The molecule has 0 unspecified atom stereocenters. The van der Waals surface area contributed by atoms with E-state index in [1.54, 1.807) is 0 Å². The van der Waals surface area contributed by atoms with Gasteiger partial charge in [0.25, 0.3) is 0 Å². The fourth-order valence-electron chi connectivity index (χ4n) is 2.21. The lowest BCUT2D eigenvalue weighted by atomic mass is 9.82. The molecule has 96 valence electrons. The first-order valence-electron chi connectivity index (χ1n) is 6.59. The summed E-state index contributed by atoms with van der Waals surface area (Å²) >= 11 is 0. The zero-order chi connectivity index (χ0) is 13.6. The molecule has 0 radical (unpaired) electrons. The zero-order valence-electron chi connectivity index (χ0n) is 12.3. The summed E-state index contributed by atoms with van der Waals surface area (Å²) in [5.74, 6) is 0. The maximum Gasteiger partial charge on any atom is 0.0705 e. The Balaban J connectivity index is 2.74. The minimum absolute atomic E-state index is 0.145. The SMILES string of the molecule is CC(C)(C)c1cnc2cccc(C(C)(C)C)c2c1. The average Bonchev–Trinajstić information content (AvgIpc) is 2.25. The quantitative estimate of drug-likeness (QED) is 0.643. The molecule has 0 amide bonds. The Morgan fingerprint density at radius 3 is 2.11 bits per heavy atom. The van der Waals surface area contributed by atoms with Gasteiger partial charge in [0, 0.05) is 11.6 Å². The largest absolute Gasteiger partial charge is 0.256 e. The summed E-state index contributed by atoms with van der Waals surface area (Å²) in [6.45, 7) is 13.5. The van der Waals surface area contributed by atoms with Crippen LogP contribution in [0.1, 0.15) is 52.7 Å². The summed E-state index contributed by atoms with van der Waals surface area (Å²) < 4.78 is 0. The van der Waals surface area contributed by atoms with Gasteiger partial charge >= 0.3 is 0 Å². The molecule has 0 fully saturated rings. The Morgan fingerprint density at radius 1 is 0.889 bits per heavy atom. The van der Waals surface area contributed by atoms with E-state index in [0.717, 1.165) is 5.52 Å². The van der Waals surface area contributed by atoms with Crippen molar-refractivity contribution in [3.63, 3.8) is 0 Å². The minimum atomic E-state index is 0.145. The summed E-state index contributed by atoms with van der Waals surface area (Å²) in [6.07, 6.45) is 2.01. The molecule has 0 spiro atoms. The van der Waals surface area contributed by atoms with Crippen LogP contribution in [0, 0.1) is 0 Å². The van der Waals surface area contributed by atoms with Gasteiger partial charge in [-0.25, -0.2) is 0 Å². The Morgan fingerprint density at radius 2 is 1.56 bits per heavy atom. The highest BCUT2D eigenvalue weighted by Crippen LogP contribution is 2.32. The van der Waals surface area contributed by atoms with Crippen LogP contribution in [-0.2, 0) is 10.8 Å². The van der Waals surface area contributed by atoms with Crippen LogP contribution in [0.5, 0.6) is 0 Å². The van der Waals surface area contributed by atoms with E-state index in [1.807, 2.05) is 6.20 Å². The normalized spacial score (nSPS) is 13.0. The van der Waals surface area contributed by atoms with Gasteiger partial charge in [-0.3, -0.25) is 4.98 Å². The van der Waals surface area contributed by atoms with Crippen molar-refractivity contribution >= 4 is 10.9 Å². The predicted molar refractivity (Wildman–Crippen MR) is 79.1 cm³/mol. The minimum Gasteiger partial charge on any atom is -0.256 e. The fraction of sp³-hybridized carbons (Fsp3) is 0.471. The number of aromatic nitrogens is 1. The standard InChI is InChI=1S/C17H23N/c1-16(2,3)12-10-13-14(17(4,5)6)8-7-9-15(13)18-11-12/h7-11H,1-6H3. The smallest absolute Gasteiger partial charge is 0.0705 e. The molecular weight excluding hydrogens is 218 g/mol. The van der Waals surface area contributed by atoms with E-state index in [4.69, 9.17) is 0 Å². The number of nitrogens with zero attached hydrogens (tertiary/aromatic N) is 1. The van der Waals surface area contributed by atoms with Crippen LogP contribution < -0.4 is 0 Å². The van der Waals surface area contributed by atoms with E-state index in [1.165, 1.54) is 16.5 Å². The number of fused-ring (bicyclic) bond motifs is 1. The molecule has 0 N–H and O–H groups in total. The number of benzene rings is 1. The predicted octanol–water partition coefficient (Wildman–Crippen LogP) is 4.83. The van der Waals surface area contributed by atoms with Gasteiger partial charge in [0.1, 0.15) is 0 Å². The van der Waals surface area contributed by atoms with E-state index < -0.39 is 0 Å². The third-order valence-electron chi connectivity index (χ3n) is 3.40. The van der Waals surface area contributed by atoms with Gasteiger partial charge in [0.15, 0.2) is 0 Å². The maximum absolute atomic E-state index is 4.62. The Bertz CT molecular complexity index is 568.